The molecule has 0 bridgehead atoms. The molecule has 0 aliphatic heterocycles. The highest BCUT2D eigenvalue weighted by Crippen LogP contribution is 2.41. The second-order valence-corrected chi connectivity index (χ2v) is 7.49. The van der Waals surface area contributed by atoms with Crippen LogP contribution in [-0.2, 0) is 12.7 Å². The van der Waals surface area contributed by atoms with Crippen LogP contribution in [0.25, 0.3) is 11.4 Å². The van der Waals surface area contributed by atoms with Gasteiger partial charge in [-0.05, 0) is 30.5 Å². The molecule has 4 rings (SSSR count). The van der Waals surface area contributed by atoms with Gasteiger partial charge in [-0.25, -0.2) is 9.97 Å². The monoisotopic (exact) mass is 411 g/mol. The first-order chi connectivity index (χ1) is 14.3. The van der Waals surface area contributed by atoms with Crippen LogP contribution in [0, 0.1) is 0 Å². The van der Waals surface area contributed by atoms with Crippen LogP contribution in [0.5, 0.6) is 0 Å². The lowest BCUT2D eigenvalue weighted by Crippen LogP contribution is -2.27. The number of halogens is 3. The second kappa shape index (κ2) is 7.89. The molecule has 2 aromatic carbocycles. The van der Waals surface area contributed by atoms with Gasteiger partial charge in [-0.3, -0.25) is 4.79 Å². The van der Waals surface area contributed by atoms with Gasteiger partial charge in [0.2, 0.25) is 0 Å². The zero-order chi connectivity index (χ0) is 21.3. The Labute approximate surface area is 172 Å². The first-order valence-corrected chi connectivity index (χ1v) is 9.67. The second-order valence-electron chi connectivity index (χ2n) is 7.49. The van der Waals surface area contributed by atoms with E-state index in [1.807, 2.05) is 30.3 Å². The summed E-state index contributed by atoms with van der Waals surface area (Å²) in [6.07, 6.45) is -1.02. The highest BCUT2D eigenvalue weighted by Gasteiger charge is 2.32. The number of hydrogen-bond donors (Lipinski definition) is 0. The van der Waals surface area contributed by atoms with Crippen LogP contribution in [-0.4, -0.2) is 27.8 Å². The third-order valence-electron chi connectivity index (χ3n) is 5.09. The molecule has 1 aliphatic rings. The maximum atomic E-state index is 13.0. The van der Waals surface area contributed by atoms with E-state index in [9.17, 15) is 18.0 Å². The molecule has 154 valence electrons. The molecule has 0 saturated heterocycles. The van der Waals surface area contributed by atoms with Crippen molar-refractivity contribution in [3.8, 4) is 11.4 Å². The van der Waals surface area contributed by atoms with Crippen LogP contribution in [0.2, 0.25) is 0 Å². The summed E-state index contributed by atoms with van der Waals surface area (Å²) in [5.74, 6) is 0.345. The molecule has 0 N–H and O–H groups in total. The highest BCUT2D eigenvalue weighted by molar-refractivity contribution is 5.95. The van der Waals surface area contributed by atoms with Gasteiger partial charge in [0.1, 0.15) is 0 Å². The average molecular weight is 411 g/mol. The normalized spacial score (nSPS) is 13.9. The van der Waals surface area contributed by atoms with Crippen LogP contribution in [0.15, 0.2) is 60.8 Å². The van der Waals surface area contributed by atoms with Crippen LogP contribution >= 0.6 is 0 Å². The van der Waals surface area contributed by atoms with Gasteiger partial charge in [0, 0.05) is 31.3 Å². The number of aromatic nitrogens is 2. The fourth-order valence-electron chi connectivity index (χ4n) is 3.31. The molecular formula is C23H20F3N3O. The molecule has 1 fully saturated rings. The molecule has 0 radical (unpaired) electrons. The third kappa shape index (κ3) is 4.35. The molecule has 4 nitrogen and oxygen atoms in total. The topological polar surface area (TPSA) is 46.1 Å². The van der Waals surface area contributed by atoms with Gasteiger partial charge in [0.05, 0.1) is 16.8 Å². The number of alkyl halides is 3. The minimum Gasteiger partial charge on any atom is -0.337 e. The van der Waals surface area contributed by atoms with E-state index in [2.05, 4.69) is 9.97 Å². The zero-order valence-corrected chi connectivity index (χ0v) is 16.4. The molecule has 7 heteroatoms. The Morgan fingerprint density at radius 1 is 1.07 bits per heavy atom. The number of carbonyl (C=O) groups is 1. The Hall–Kier alpha value is -3.22. The van der Waals surface area contributed by atoms with E-state index in [1.165, 1.54) is 18.3 Å². The number of benzene rings is 2. The van der Waals surface area contributed by atoms with Crippen molar-refractivity contribution in [2.75, 3.05) is 7.05 Å². The molecule has 1 aromatic heterocycles. The van der Waals surface area contributed by atoms with Crippen molar-refractivity contribution < 1.29 is 18.0 Å². The number of nitrogens with zero attached hydrogens (tertiary/aromatic N) is 3. The summed E-state index contributed by atoms with van der Waals surface area (Å²) in [7, 11) is 1.73. The maximum Gasteiger partial charge on any atom is 0.416 e. The lowest BCUT2D eigenvalue weighted by atomic mass is 10.1. The Morgan fingerprint density at radius 3 is 2.33 bits per heavy atom. The molecule has 1 saturated carbocycles. The Kier molecular flexibility index (Phi) is 5.28. The smallest absolute Gasteiger partial charge is 0.337 e. The van der Waals surface area contributed by atoms with Gasteiger partial charge >= 0.3 is 6.18 Å². The lowest BCUT2D eigenvalue weighted by Gasteiger charge is -2.19. The van der Waals surface area contributed by atoms with E-state index in [-0.39, 0.29) is 11.8 Å². The van der Waals surface area contributed by atoms with Gasteiger partial charge in [-0.1, -0.05) is 42.5 Å². The number of hydrogen-bond acceptors (Lipinski definition) is 3. The summed E-state index contributed by atoms with van der Waals surface area (Å²) >= 11 is 0. The molecule has 1 heterocycles. The minimum atomic E-state index is -4.39. The summed E-state index contributed by atoms with van der Waals surface area (Å²) in [4.78, 5) is 23.5. The summed E-state index contributed by atoms with van der Waals surface area (Å²) in [5, 5.41) is 0. The summed E-state index contributed by atoms with van der Waals surface area (Å²) in [6.45, 7) is 0.463. The summed E-state index contributed by atoms with van der Waals surface area (Å²) in [5.41, 5.74) is 1.91. The Bertz CT molecular complexity index is 1050. The molecular weight excluding hydrogens is 391 g/mol. The Balaban J connectivity index is 1.60. The summed E-state index contributed by atoms with van der Waals surface area (Å²) in [6, 6.07) is 14.4. The average Bonchev–Trinajstić information content (AvgIpc) is 3.58. The molecule has 30 heavy (non-hydrogen) atoms. The van der Waals surface area contributed by atoms with Crippen molar-refractivity contribution in [3.05, 3.63) is 83.2 Å². The van der Waals surface area contributed by atoms with Crippen molar-refractivity contribution in [2.24, 2.45) is 0 Å². The van der Waals surface area contributed by atoms with Crippen molar-refractivity contribution >= 4 is 5.91 Å². The zero-order valence-electron chi connectivity index (χ0n) is 16.4. The molecule has 0 unspecified atom stereocenters. The number of rotatable bonds is 5. The van der Waals surface area contributed by atoms with E-state index in [4.69, 9.17) is 0 Å². The molecule has 3 aromatic rings. The van der Waals surface area contributed by atoms with Crippen molar-refractivity contribution in [1.29, 1.82) is 0 Å². The number of amides is 1. The van der Waals surface area contributed by atoms with E-state index in [0.29, 0.717) is 29.2 Å². The molecule has 1 aliphatic carbocycles. The van der Waals surface area contributed by atoms with E-state index >= 15 is 0 Å². The fourth-order valence-corrected chi connectivity index (χ4v) is 3.31. The van der Waals surface area contributed by atoms with E-state index in [0.717, 1.165) is 30.5 Å². The van der Waals surface area contributed by atoms with E-state index in [1.54, 1.807) is 11.9 Å². The van der Waals surface area contributed by atoms with Gasteiger partial charge in [-0.2, -0.15) is 13.2 Å². The molecule has 0 atom stereocenters. The van der Waals surface area contributed by atoms with Crippen LogP contribution in [0.4, 0.5) is 13.2 Å². The predicted octanol–water partition coefficient (Wildman–Crippen LogP) is 5.31. The predicted molar refractivity (Wildman–Crippen MR) is 107 cm³/mol. The van der Waals surface area contributed by atoms with E-state index < -0.39 is 11.7 Å². The summed E-state index contributed by atoms with van der Waals surface area (Å²) < 4.78 is 38.4. The van der Waals surface area contributed by atoms with Crippen molar-refractivity contribution in [2.45, 2.75) is 31.5 Å². The van der Waals surface area contributed by atoms with Crippen LogP contribution < -0.4 is 0 Å². The standard InChI is InChI=1S/C23H20F3N3O/c1-29(14-15-5-3-2-4-6-15)22(30)19-13-27-21(28-20(19)16-7-8-16)17-9-11-18(12-10-17)23(24,25)26/h2-6,9-13,16H,7-8,14H2,1H3. The SMILES string of the molecule is CN(Cc1ccccc1)C(=O)c1cnc(-c2ccc(C(F)(F)F)cc2)nc1C1CC1. The van der Waals surface area contributed by atoms with Crippen molar-refractivity contribution in [3.63, 3.8) is 0 Å². The van der Waals surface area contributed by atoms with Gasteiger partial charge in [-0.15, -0.1) is 0 Å². The lowest BCUT2D eigenvalue weighted by molar-refractivity contribution is -0.137. The minimum absolute atomic E-state index is 0.167. The number of carbonyl (C=O) groups excluding carboxylic acids is 1. The van der Waals surface area contributed by atoms with Crippen LogP contribution in [0.1, 0.15) is 45.9 Å². The largest absolute Gasteiger partial charge is 0.416 e. The first-order valence-electron chi connectivity index (χ1n) is 9.67. The van der Waals surface area contributed by atoms with Gasteiger partial charge in [0.15, 0.2) is 5.82 Å². The maximum absolute atomic E-state index is 13.0. The van der Waals surface area contributed by atoms with Gasteiger partial charge < -0.3 is 4.90 Å². The Morgan fingerprint density at radius 2 is 1.73 bits per heavy atom. The van der Waals surface area contributed by atoms with Gasteiger partial charge in [0.25, 0.3) is 5.91 Å². The molecule has 0 spiro atoms. The highest BCUT2D eigenvalue weighted by atomic mass is 19.4. The fraction of sp³-hybridized carbons (Fsp3) is 0.261. The molecule has 1 amide bonds. The first kappa shape index (κ1) is 20.1. The van der Waals surface area contributed by atoms with Crippen molar-refractivity contribution in [1.82, 2.24) is 14.9 Å². The van der Waals surface area contributed by atoms with Crippen LogP contribution in [0.3, 0.4) is 0 Å². The third-order valence-corrected chi connectivity index (χ3v) is 5.09. The quantitative estimate of drug-likeness (QED) is 0.571.